The first-order valence-electron chi connectivity index (χ1n) is 7.50. The Morgan fingerprint density at radius 3 is 2.86 bits per heavy atom. The number of rotatable bonds is 7. The maximum absolute atomic E-state index is 5.86. The van der Waals surface area contributed by atoms with Crippen molar-refractivity contribution in [3.63, 3.8) is 0 Å². The Morgan fingerprint density at radius 2 is 1.95 bits per heavy atom. The van der Waals surface area contributed by atoms with Crippen LogP contribution < -0.4 is 4.74 Å². The minimum Gasteiger partial charge on any atom is -0.477 e. The Labute approximate surface area is 123 Å². The van der Waals surface area contributed by atoms with Gasteiger partial charge in [0, 0.05) is 0 Å². The highest BCUT2D eigenvalue weighted by Gasteiger charge is 2.10. The zero-order chi connectivity index (χ0) is 14.5. The molecule has 2 aromatic heterocycles. The van der Waals surface area contributed by atoms with Gasteiger partial charge in [-0.2, -0.15) is 9.50 Å². The summed E-state index contributed by atoms with van der Waals surface area (Å²) in [4.78, 5) is 4.40. The summed E-state index contributed by atoms with van der Waals surface area (Å²) < 4.78 is 7.49. The lowest BCUT2D eigenvalue weighted by Crippen LogP contribution is -2.03. The van der Waals surface area contributed by atoms with Crippen LogP contribution in [0, 0.1) is 0 Å². The van der Waals surface area contributed by atoms with Crippen LogP contribution in [0.3, 0.4) is 0 Å². The molecule has 110 valence electrons. The molecule has 0 N–H and O–H groups in total. The van der Waals surface area contributed by atoms with E-state index >= 15 is 0 Å². The van der Waals surface area contributed by atoms with Crippen molar-refractivity contribution in [1.29, 1.82) is 0 Å². The lowest BCUT2D eigenvalue weighted by atomic mass is 10.2. The lowest BCUT2D eigenvalue weighted by Gasteiger charge is -2.08. The molecule has 3 aromatic rings. The second-order valence-corrected chi connectivity index (χ2v) is 5.09. The van der Waals surface area contributed by atoms with E-state index in [2.05, 4.69) is 27.4 Å². The van der Waals surface area contributed by atoms with Crippen molar-refractivity contribution in [3.8, 4) is 5.88 Å². The van der Waals surface area contributed by atoms with Gasteiger partial charge in [0.25, 0.3) is 5.78 Å². The minimum atomic E-state index is 0.467. The van der Waals surface area contributed by atoms with Crippen LogP contribution in [-0.4, -0.2) is 31.6 Å². The number of unbranched alkanes of at least 4 members (excludes halogenated alkanes) is 4. The summed E-state index contributed by atoms with van der Waals surface area (Å²) in [7, 11) is 0. The fourth-order valence-electron chi connectivity index (χ4n) is 2.38. The number of benzene rings is 1. The van der Waals surface area contributed by atoms with Crippen LogP contribution >= 0.6 is 0 Å². The average Bonchev–Trinajstić information content (AvgIpc) is 2.99. The van der Waals surface area contributed by atoms with Crippen molar-refractivity contribution in [3.05, 3.63) is 24.3 Å². The summed E-state index contributed by atoms with van der Waals surface area (Å²) >= 11 is 0. The molecule has 0 fully saturated rings. The van der Waals surface area contributed by atoms with Gasteiger partial charge in [-0.1, -0.05) is 49.8 Å². The zero-order valence-electron chi connectivity index (χ0n) is 12.2. The van der Waals surface area contributed by atoms with E-state index in [0.29, 0.717) is 18.3 Å². The maximum atomic E-state index is 5.86. The third kappa shape index (κ3) is 2.94. The Hall–Kier alpha value is -2.24. The number of aromatic nitrogens is 5. The van der Waals surface area contributed by atoms with Crippen molar-refractivity contribution >= 4 is 16.7 Å². The Bertz CT molecular complexity index is 724. The maximum Gasteiger partial charge on any atom is 0.277 e. The number of hydrogen-bond donors (Lipinski definition) is 0. The van der Waals surface area contributed by atoms with Crippen molar-refractivity contribution in [1.82, 2.24) is 25.0 Å². The number of hydrogen-bond acceptors (Lipinski definition) is 5. The molecule has 0 unspecified atom stereocenters. The van der Waals surface area contributed by atoms with Crippen molar-refractivity contribution in [2.75, 3.05) is 6.61 Å². The molecule has 0 radical (unpaired) electrons. The number of ether oxygens (including phenoxy) is 1. The molecule has 21 heavy (non-hydrogen) atoms. The molecule has 2 heterocycles. The highest BCUT2D eigenvalue weighted by Crippen LogP contribution is 2.23. The largest absolute Gasteiger partial charge is 0.477 e. The molecule has 0 amide bonds. The Kier molecular flexibility index (Phi) is 4.23. The van der Waals surface area contributed by atoms with E-state index in [4.69, 9.17) is 4.74 Å². The molecule has 6 heteroatoms. The zero-order valence-corrected chi connectivity index (χ0v) is 12.2. The van der Waals surface area contributed by atoms with E-state index in [-0.39, 0.29) is 0 Å². The predicted octanol–water partition coefficient (Wildman–Crippen LogP) is 3.02. The number of nitrogens with zero attached hydrogens (tertiary/aromatic N) is 5. The van der Waals surface area contributed by atoms with Crippen molar-refractivity contribution in [2.45, 2.75) is 39.0 Å². The van der Waals surface area contributed by atoms with Gasteiger partial charge in [0.2, 0.25) is 5.88 Å². The van der Waals surface area contributed by atoms with Crippen LogP contribution in [0.15, 0.2) is 24.3 Å². The molecule has 0 saturated heterocycles. The Morgan fingerprint density at radius 1 is 1.10 bits per heavy atom. The van der Waals surface area contributed by atoms with Crippen LogP contribution in [0.25, 0.3) is 16.7 Å². The predicted molar refractivity (Wildman–Crippen MR) is 80.3 cm³/mol. The van der Waals surface area contributed by atoms with Crippen LogP contribution in [-0.2, 0) is 0 Å². The minimum absolute atomic E-state index is 0.467. The van der Waals surface area contributed by atoms with E-state index in [9.17, 15) is 0 Å². The molecule has 0 saturated carbocycles. The summed E-state index contributed by atoms with van der Waals surface area (Å²) in [5, 5.41) is 12.5. The molecule has 3 rings (SSSR count). The summed E-state index contributed by atoms with van der Waals surface area (Å²) in [5.41, 5.74) is 0.911. The topological polar surface area (TPSA) is 65.2 Å². The summed E-state index contributed by atoms with van der Waals surface area (Å²) in [5.74, 6) is 1.08. The van der Waals surface area contributed by atoms with Gasteiger partial charge < -0.3 is 4.74 Å². The van der Waals surface area contributed by atoms with Crippen LogP contribution in [0.1, 0.15) is 39.0 Å². The van der Waals surface area contributed by atoms with Crippen molar-refractivity contribution in [2.24, 2.45) is 0 Å². The van der Waals surface area contributed by atoms with E-state index < -0.39 is 0 Å². The quantitative estimate of drug-likeness (QED) is 0.624. The molecule has 0 aliphatic heterocycles. The van der Waals surface area contributed by atoms with Crippen LogP contribution in [0.4, 0.5) is 0 Å². The molecule has 6 nitrogen and oxygen atoms in total. The van der Waals surface area contributed by atoms with E-state index in [1.54, 1.807) is 4.52 Å². The molecular weight excluding hydrogens is 266 g/mol. The molecule has 1 aromatic carbocycles. The first kappa shape index (κ1) is 13.7. The van der Waals surface area contributed by atoms with Crippen LogP contribution in [0.2, 0.25) is 0 Å². The van der Waals surface area contributed by atoms with Gasteiger partial charge >= 0.3 is 0 Å². The van der Waals surface area contributed by atoms with Gasteiger partial charge in [-0.25, -0.2) is 0 Å². The highest BCUT2D eigenvalue weighted by molar-refractivity contribution is 5.85. The monoisotopic (exact) mass is 285 g/mol. The summed E-state index contributed by atoms with van der Waals surface area (Å²) in [6, 6.07) is 7.87. The summed E-state index contributed by atoms with van der Waals surface area (Å²) in [6.45, 7) is 2.90. The lowest BCUT2D eigenvalue weighted by molar-refractivity contribution is 0.297. The van der Waals surface area contributed by atoms with E-state index in [0.717, 1.165) is 17.3 Å². The fraction of sp³-hybridized carbons (Fsp3) is 0.467. The number of para-hydroxylation sites is 1. The van der Waals surface area contributed by atoms with Crippen LogP contribution in [0.5, 0.6) is 5.88 Å². The third-order valence-electron chi connectivity index (χ3n) is 3.50. The first-order valence-corrected chi connectivity index (χ1v) is 7.50. The van der Waals surface area contributed by atoms with Gasteiger partial charge in [-0.05, 0) is 29.0 Å². The van der Waals surface area contributed by atoms with Gasteiger partial charge in [0.15, 0.2) is 0 Å². The number of fused-ring (bicyclic) bond motifs is 3. The van der Waals surface area contributed by atoms with Gasteiger partial charge in [0.05, 0.1) is 17.5 Å². The van der Waals surface area contributed by atoms with Gasteiger partial charge in [-0.3, -0.25) is 0 Å². The first-order chi connectivity index (χ1) is 10.4. The third-order valence-corrected chi connectivity index (χ3v) is 3.50. The molecular formula is C15H19N5O. The fourth-order valence-corrected chi connectivity index (χ4v) is 2.38. The second kappa shape index (κ2) is 6.47. The molecule has 0 spiro atoms. The highest BCUT2D eigenvalue weighted by atomic mass is 16.5. The van der Waals surface area contributed by atoms with Gasteiger partial charge in [0.1, 0.15) is 0 Å². The normalized spacial score (nSPS) is 11.3. The number of tetrazole rings is 1. The summed E-state index contributed by atoms with van der Waals surface area (Å²) in [6.07, 6.45) is 6.05. The van der Waals surface area contributed by atoms with E-state index in [1.807, 2.05) is 24.3 Å². The van der Waals surface area contributed by atoms with Gasteiger partial charge in [-0.15, -0.1) is 0 Å². The smallest absolute Gasteiger partial charge is 0.277 e. The molecule has 0 bridgehead atoms. The molecule has 0 atom stereocenters. The second-order valence-electron chi connectivity index (χ2n) is 5.09. The van der Waals surface area contributed by atoms with Crippen molar-refractivity contribution < 1.29 is 4.74 Å². The van der Waals surface area contributed by atoms with E-state index in [1.165, 1.54) is 25.7 Å². The average molecular weight is 285 g/mol. The molecule has 0 aliphatic rings. The standard InChI is InChI=1S/C15H19N5O/c1-2-3-4-5-8-11-21-14-12-9-6-7-10-13(12)20-15(16-14)17-18-19-20/h6-7,9-10H,2-5,8,11H2,1H3. The SMILES string of the molecule is CCCCCCCOc1nc2nnnn2c2ccccc12. The molecule has 0 aliphatic carbocycles. The Balaban J connectivity index is 1.77.